The van der Waals surface area contributed by atoms with Crippen molar-refractivity contribution < 1.29 is 0 Å². The van der Waals surface area contributed by atoms with Gasteiger partial charge in [0.05, 0.1) is 0 Å². The molecule has 0 radical (unpaired) electrons. The predicted molar refractivity (Wildman–Crippen MR) is 61.5 cm³/mol. The summed E-state index contributed by atoms with van der Waals surface area (Å²) in [6.45, 7) is 4.80. The van der Waals surface area contributed by atoms with Gasteiger partial charge in [-0.05, 0) is 42.4 Å². The Balaban J connectivity index is 2.16. The zero-order valence-corrected chi connectivity index (χ0v) is 10.1. The average Bonchev–Trinajstić information content (AvgIpc) is 2.00. The van der Waals surface area contributed by atoms with Crippen molar-refractivity contribution in [2.45, 2.75) is 52.0 Å². The summed E-state index contributed by atoms with van der Waals surface area (Å²) < 4.78 is 0. The van der Waals surface area contributed by atoms with E-state index in [1.807, 2.05) is 0 Å². The van der Waals surface area contributed by atoms with Crippen LogP contribution in [0.3, 0.4) is 0 Å². The van der Waals surface area contributed by atoms with Crippen LogP contribution in [0, 0.1) is 16.7 Å². The summed E-state index contributed by atoms with van der Waals surface area (Å²) in [7, 11) is 0. The lowest BCUT2D eigenvalue weighted by atomic mass is 9.46. The lowest BCUT2D eigenvalue weighted by molar-refractivity contribution is -0.0788. The maximum Gasteiger partial charge on any atom is 0.0266 e. The first-order valence-electron chi connectivity index (χ1n) is 5.82. The molecule has 2 atom stereocenters. The van der Waals surface area contributed by atoms with Gasteiger partial charge in [0.2, 0.25) is 0 Å². The third-order valence-electron chi connectivity index (χ3n) is 4.95. The maximum absolute atomic E-state index is 6.18. The third-order valence-corrected chi connectivity index (χ3v) is 5.35. The van der Waals surface area contributed by atoms with Crippen LogP contribution in [0.2, 0.25) is 0 Å². The topological polar surface area (TPSA) is 26.0 Å². The van der Waals surface area contributed by atoms with E-state index in [0.29, 0.717) is 22.8 Å². The Morgan fingerprint density at radius 1 is 1.29 bits per heavy atom. The molecule has 2 aliphatic carbocycles. The fourth-order valence-electron chi connectivity index (χ4n) is 3.56. The Bertz CT molecular complexity index is 220. The fraction of sp³-hybridized carbons (Fsp3) is 1.00. The van der Waals surface area contributed by atoms with Crippen molar-refractivity contribution in [3.8, 4) is 0 Å². The van der Waals surface area contributed by atoms with Gasteiger partial charge < -0.3 is 5.73 Å². The molecular weight excluding hydrogens is 194 g/mol. The van der Waals surface area contributed by atoms with Crippen LogP contribution in [0.5, 0.6) is 0 Å². The van der Waals surface area contributed by atoms with Crippen LogP contribution in [0.4, 0.5) is 0 Å². The van der Waals surface area contributed by atoms with Gasteiger partial charge in [0.1, 0.15) is 0 Å². The molecule has 2 N–H and O–H groups in total. The van der Waals surface area contributed by atoms with E-state index >= 15 is 0 Å². The number of rotatable bonds is 1. The lowest BCUT2D eigenvalue weighted by Gasteiger charge is -2.59. The maximum atomic E-state index is 6.18. The molecule has 0 bridgehead atoms. The van der Waals surface area contributed by atoms with Crippen molar-refractivity contribution in [1.29, 1.82) is 0 Å². The van der Waals surface area contributed by atoms with Gasteiger partial charge in [0.25, 0.3) is 0 Å². The molecule has 0 aromatic carbocycles. The molecule has 14 heavy (non-hydrogen) atoms. The highest BCUT2D eigenvalue weighted by molar-refractivity contribution is 6.18. The molecule has 2 fully saturated rings. The van der Waals surface area contributed by atoms with Crippen molar-refractivity contribution in [2.24, 2.45) is 22.5 Å². The van der Waals surface area contributed by atoms with Crippen LogP contribution in [0.1, 0.15) is 46.0 Å². The van der Waals surface area contributed by atoms with E-state index < -0.39 is 0 Å². The van der Waals surface area contributed by atoms with Crippen LogP contribution < -0.4 is 5.73 Å². The summed E-state index contributed by atoms with van der Waals surface area (Å²) in [5, 5.41) is 0. The van der Waals surface area contributed by atoms with E-state index in [0.717, 1.165) is 12.3 Å². The first-order chi connectivity index (χ1) is 6.51. The molecular formula is C12H22ClN. The summed E-state index contributed by atoms with van der Waals surface area (Å²) in [5.41, 5.74) is 7.20. The largest absolute Gasteiger partial charge is 0.327 e. The standard InChI is InChI=1S/C12H22ClN/c1-11(2)7-10(14)9(8-13)6-12(11)4-3-5-12/h9-10H,3-8,14H2,1-2H3/t9-,10+/m1/s1. The zero-order valence-electron chi connectivity index (χ0n) is 9.35. The highest BCUT2D eigenvalue weighted by Gasteiger charge is 2.54. The van der Waals surface area contributed by atoms with Crippen molar-refractivity contribution in [3.05, 3.63) is 0 Å². The van der Waals surface area contributed by atoms with Crippen LogP contribution in [0.25, 0.3) is 0 Å². The van der Waals surface area contributed by atoms with E-state index in [2.05, 4.69) is 13.8 Å². The summed E-state index contributed by atoms with van der Waals surface area (Å²) >= 11 is 6.00. The van der Waals surface area contributed by atoms with Gasteiger partial charge in [-0.3, -0.25) is 0 Å². The Labute approximate surface area is 92.4 Å². The van der Waals surface area contributed by atoms with Crippen molar-refractivity contribution in [3.63, 3.8) is 0 Å². The number of nitrogens with two attached hydrogens (primary N) is 1. The summed E-state index contributed by atoms with van der Waals surface area (Å²) in [6.07, 6.45) is 6.64. The van der Waals surface area contributed by atoms with Gasteiger partial charge in [-0.2, -0.15) is 0 Å². The van der Waals surface area contributed by atoms with E-state index in [9.17, 15) is 0 Å². The minimum absolute atomic E-state index is 0.328. The van der Waals surface area contributed by atoms with E-state index in [4.69, 9.17) is 17.3 Å². The molecule has 0 saturated heterocycles. The minimum atomic E-state index is 0.328. The molecule has 2 heteroatoms. The zero-order chi connectivity index (χ0) is 10.4. The normalized spacial score (nSPS) is 39.4. The predicted octanol–water partition coefficient (Wildman–Crippen LogP) is 3.16. The van der Waals surface area contributed by atoms with Gasteiger partial charge in [-0.1, -0.05) is 20.3 Å². The van der Waals surface area contributed by atoms with Crippen molar-refractivity contribution in [2.75, 3.05) is 5.88 Å². The van der Waals surface area contributed by atoms with E-state index in [-0.39, 0.29) is 0 Å². The van der Waals surface area contributed by atoms with Gasteiger partial charge in [-0.15, -0.1) is 11.6 Å². The van der Waals surface area contributed by atoms with Crippen molar-refractivity contribution in [1.82, 2.24) is 0 Å². The SMILES string of the molecule is CC1(C)C[C@H](N)[C@@H](CCl)CC12CCC2. The second-order valence-corrected chi connectivity index (χ2v) is 6.31. The molecule has 2 saturated carbocycles. The fourth-order valence-corrected chi connectivity index (χ4v) is 3.89. The minimum Gasteiger partial charge on any atom is -0.327 e. The quantitative estimate of drug-likeness (QED) is 0.669. The molecule has 1 nitrogen and oxygen atoms in total. The highest BCUT2D eigenvalue weighted by Crippen LogP contribution is 2.62. The monoisotopic (exact) mass is 215 g/mol. The Morgan fingerprint density at radius 2 is 1.93 bits per heavy atom. The number of hydrogen-bond acceptors (Lipinski definition) is 1. The molecule has 2 aliphatic rings. The summed E-state index contributed by atoms with van der Waals surface area (Å²) in [4.78, 5) is 0. The molecule has 2 rings (SSSR count). The van der Waals surface area contributed by atoms with Crippen LogP contribution in [-0.4, -0.2) is 11.9 Å². The van der Waals surface area contributed by atoms with Gasteiger partial charge in [0.15, 0.2) is 0 Å². The Kier molecular flexibility index (Phi) is 2.60. The van der Waals surface area contributed by atoms with E-state index in [1.54, 1.807) is 0 Å². The molecule has 0 aromatic heterocycles. The Hall–Kier alpha value is 0.250. The lowest BCUT2D eigenvalue weighted by Crippen LogP contribution is -2.55. The first-order valence-corrected chi connectivity index (χ1v) is 6.36. The van der Waals surface area contributed by atoms with Crippen LogP contribution >= 0.6 is 11.6 Å². The molecule has 0 aromatic rings. The highest BCUT2D eigenvalue weighted by atomic mass is 35.5. The molecule has 82 valence electrons. The Morgan fingerprint density at radius 3 is 2.36 bits per heavy atom. The second kappa shape index (κ2) is 3.38. The molecule has 0 heterocycles. The van der Waals surface area contributed by atoms with Gasteiger partial charge >= 0.3 is 0 Å². The van der Waals surface area contributed by atoms with Crippen molar-refractivity contribution >= 4 is 11.6 Å². The third kappa shape index (κ3) is 1.40. The van der Waals surface area contributed by atoms with Crippen LogP contribution in [-0.2, 0) is 0 Å². The van der Waals surface area contributed by atoms with Crippen LogP contribution in [0.15, 0.2) is 0 Å². The average molecular weight is 216 g/mol. The number of halogens is 1. The second-order valence-electron chi connectivity index (χ2n) is 6.00. The van der Waals surface area contributed by atoms with E-state index in [1.165, 1.54) is 25.7 Å². The van der Waals surface area contributed by atoms with Gasteiger partial charge in [-0.25, -0.2) is 0 Å². The summed E-state index contributed by atoms with van der Waals surface area (Å²) in [6, 6.07) is 0.328. The molecule has 0 unspecified atom stereocenters. The molecule has 0 amide bonds. The molecule has 1 spiro atoms. The number of alkyl halides is 1. The molecule has 0 aliphatic heterocycles. The summed E-state index contributed by atoms with van der Waals surface area (Å²) in [5.74, 6) is 1.31. The van der Waals surface area contributed by atoms with Gasteiger partial charge in [0, 0.05) is 11.9 Å². The smallest absolute Gasteiger partial charge is 0.0266 e. The first kappa shape index (κ1) is 10.8. The number of hydrogen-bond donors (Lipinski definition) is 1.